The zero-order valence-electron chi connectivity index (χ0n) is 13.2. The summed E-state index contributed by atoms with van der Waals surface area (Å²) in [6.07, 6.45) is 0.918. The second kappa shape index (κ2) is 7.69. The highest BCUT2D eigenvalue weighted by molar-refractivity contribution is 6.06. The summed E-state index contributed by atoms with van der Waals surface area (Å²) >= 11 is 0. The molecule has 0 spiro atoms. The number of aliphatic hydroxyl groups excluding tert-OH is 1. The molecule has 1 unspecified atom stereocenters. The summed E-state index contributed by atoms with van der Waals surface area (Å²) in [6.45, 7) is -0.100. The average Bonchev–Trinajstić information content (AvgIpc) is 2.58. The molecule has 1 fully saturated rings. The molecule has 24 heavy (non-hydrogen) atoms. The molecular formula is C16H18N2O6. The van der Waals surface area contributed by atoms with Crippen LogP contribution in [-0.2, 0) is 9.59 Å². The third-order valence-corrected chi connectivity index (χ3v) is 3.74. The SMILES string of the molecule is CN(C(=O)c1ccc(OCCO)cc1C=O)C1CCC(=O)NC1=O. The van der Waals surface area contributed by atoms with Gasteiger partial charge in [-0.05, 0) is 24.6 Å². The number of likely N-dealkylation sites (N-methyl/N-ethyl adjacent to an activating group) is 1. The Balaban J connectivity index is 2.20. The van der Waals surface area contributed by atoms with E-state index in [1.54, 1.807) is 0 Å². The largest absolute Gasteiger partial charge is 0.491 e. The van der Waals surface area contributed by atoms with E-state index in [-0.39, 0.29) is 43.1 Å². The van der Waals surface area contributed by atoms with Crippen LogP contribution in [0.5, 0.6) is 5.75 Å². The maximum Gasteiger partial charge on any atom is 0.255 e. The van der Waals surface area contributed by atoms with Gasteiger partial charge in [-0.2, -0.15) is 0 Å². The van der Waals surface area contributed by atoms with Crippen molar-refractivity contribution in [3.8, 4) is 5.75 Å². The lowest BCUT2D eigenvalue weighted by molar-refractivity contribution is -0.136. The van der Waals surface area contributed by atoms with Crippen LogP contribution in [0.15, 0.2) is 18.2 Å². The van der Waals surface area contributed by atoms with Crippen LogP contribution in [0.2, 0.25) is 0 Å². The van der Waals surface area contributed by atoms with Gasteiger partial charge in [0, 0.05) is 19.0 Å². The number of hydrogen-bond donors (Lipinski definition) is 2. The fourth-order valence-corrected chi connectivity index (χ4v) is 2.47. The quantitative estimate of drug-likeness (QED) is 0.548. The van der Waals surface area contributed by atoms with Crippen LogP contribution >= 0.6 is 0 Å². The topological polar surface area (TPSA) is 113 Å². The number of carbonyl (C=O) groups excluding carboxylic acids is 4. The lowest BCUT2D eigenvalue weighted by Crippen LogP contribution is -2.53. The molecule has 2 rings (SSSR count). The van der Waals surface area contributed by atoms with E-state index in [2.05, 4.69) is 5.32 Å². The van der Waals surface area contributed by atoms with E-state index in [1.807, 2.05) is 0 Å². The van der Waals surface area contributed by atoms with Gasteiger partial charge in [-0.25, -0.2) is 0 Å². The Labute approximate surface area is 138 Å². The van der Waals surface area contributed by atoms with Crippen molar-refractivity contribution in [2.24, 2.45) is 0 Å². The van der Waals surface area contributed by atoms with E-state index in [0.717, 1.165) is 0 Å². The van der Waals surface area contributed by atoms with Crippen LogP contribution in [0.3, 0.4) is 0 Å². The van der Waals surface area contributed by atoms with Crippen LogP contribution in [0.4, 0.5) is 0 Å². The van der Waals surface area contributed by atoms with E-state index < -0.39 is 17.9 Å². The van der Waals surface area contributed by atoms with E-state index in [4.69, 9.17) is 9.84 Å². The lowest BCUT2D eigenvalue weighted by atomic mass is 10.0. The highest BCUT2D eigenvalue weighted by Gasteiger charge is 2.33. The van der Waals surface area contributed by atoms with Crippen molar-refractivity contribution in [3.63, 3.8) is 0 Å². The Morgan fingerprint density at radius 1 is 1.46 bits per heavy atom. The number of hydrogen-bond acceptors (Lipinski definition) is 6. The zero-order chi connectivity index (χ0) is 17.7. The molecule has 0 aliphatic carbocycles. The second-order valence-electron chi connectivity index (χ2n) is 5.32. The predicted molar refractivity (Wildman–Crippen MR) is 82.7 cm³/mol. The molecule has 2 N–H and O–H groups in total. The number of aldehydes is 1. The first-order valence-corrected chi connectivity index (χ1v) is 7.41. The fourth-order valence-electron chi connectivity index (χ4n) is 2.47. The molecule has 0 bridgehead atoms. The molecule has 1 saturated heterocycles. The molecule has 128 valence electrons. The van der Waals surface area contributed by atoms with Crippen molar-refractivity contribution in [1.82, 2.24) is 10.2 Å². The monoisotopic (exact) mass is 334 g/mol. The molecule has 0 radical (unpaired) electrons. The molecule has 1 atom stereocenters. The summed E-state index contributed by atoms with van der Waals surface area (Å²) in [6, 6.07) is 3.57. The molecule has 8 heteroatoms. The minimum absolute atomic E-state index is 0.0712. The van der Waals surface area contributed by atoms with Gasteiger partial charge in [0.2, 0.25) is 11.8 Å². The number of aliphatic hydroxyl groups is 1. The van der Waals surface area contributed by atoms with Crippen molar-refractivity contribution in [2.75, 3.05) is 20.3 Å². The van der Waals surface area contributed by atoms with Gasteiger partial charge >= 0.3 is 0 Å². The summed E-state index contributed by atoms with van der Waals surface area (Å²) in [5.41, 5.74) is 0.253. The fraction of sp³-hybridized carbons (Fsp3) is 0.375. The van der Waals surface area contributed by atoms with Gasteiger partial charge < -0.3 is 14.7 Å². The maximum atomic E-state index is 12.6. The molecule has 1 aliphatic rings. The average molecular weight is 334 g/mol. The van der Waals surface area contributed by atoms with Crippen molar-refractivity contribution in [3.05, 3.63) is 29.3 Å². The highest BCUT2D eigenvalue weighted by Crippen LogP contribution is 2.20. The Morgan fingerprint density at radius 2 is 2.21 bits per heavy atom. The molecule has 0 saturated carbocycles. The number of rotatable bonds is 6. The van der Waals surface area contributed by atoms with Gasteiger partial charge in [-0.15, -0.1) is 0 Å². The van der Waals surface area contributed by atoms with Crippen LogP contribution in [0.1, 0.15) is 33.6 Å². The Morgan fingerprint density at radius 3 is 2.83 bits per heavy atom. The number of nitrogens with one attached hydrogen (secondary N) is 1. The third kappa shape index (κ3) is 3.77. The summed E-state index contributed by atoms with van der Waals surface area (Å²) in [7, 11) is 1.45. The van der Waals surface area contributed by atoms with Gasteiger partial charge in [0.05, 0.1) is 12.2 Å². The molecule has 8 nitrogen and oxygen atoms in total. The van der Waals surface area contributed by atoms with Crippen LogP contribution in [0.25, 0.3) is 0 Å². The summed E-state index contributed by atoms with van der Waals surface area (Å²) in [5.74, 6) is -1.04. The lowest BCUT2D eigenvalue weighted by Gasteiger charge is -2.30. The number of imide groups is 1. The molecular weight excluding hydrogens is 316 g/mol. The number of nitrogens with zero attached hydrogens (tertiary/aromatic N) is 1. The molecule has 1 heterocycles. The molecule has 1 aromatic carbocycles. The van der Waals surface area contributed by atoms with Gasteiger partial charge in [0.1, 0.15) is 18.4 Å². The van der Waals surface area contributed by atoms with Gasteiger partial charge in [-0.3, -0.25) is 24.5 Å². The van der Waals surface area contributed by atoms with Crippen LogP contribution in [0, 0.1) is 0 Å². The molecule has 1 aliphatic heterocycles. The normalized spacial score (nSPS) is 17.2. The molecule has 0 aromatic heterocycles. The minimum atomic E-state index is -0.764. The first kappa shape index (κ1) is 17.6. The van der Waals surface area contributed by atoms with Gasteiger partial charge in [0.25, 0.3) is 5.91 Å². The summed E-state index contributed by atoms with van der Waals surface area (Å²) in [5, 5.41) is 10.9. The van der Waals surface area contributed by atoms with Gasteiger partial charge in [-0.1, -0.05) is 0 Å². The number of carbonyl (C=O) groups is 4. The number of benzene rings is 1. The molecule has 3 amide bonds. The number of ether oxygens (including phenoxy) is 1. The van der Waals surface area contributed by atoms with Crippen molar-refractivity contribution in [1.29, 1.82) is 0 Å². The first-order valence-electron chi connectivity index (χ1n) is 7.41. The maximum absolute atomic E-state index is 12.6. The number of piperidine rings is 1. The Hall–Kier alpha value is -2.74. The smallest absolute Gasteiger partial charge is 0.255 e. The van der Waals surface area contributed by atoms with E-state index in [1.165, 1.54) is 30.1 Å². The Bertz CT molecular complexity index is 673. The third-order valence-electron chi connectivity index (χ3n) is 3.74. The first-order chi connectivity index (χ1) is 11.5. The summed E-state index contributed by atoms with van der Waals surface area (Å²) in [4.78, 5) is 48.1. The number of amides is 3. The van der Waals surface area contributed by atoms with Crippen molar-refractivity contribution < 1.29 is 29.0 Å². The van der Waals surface area contributed by atoms with Crippen molar-refractivity contribution in [2.45, 2.75) is 18.9 Å². The minimum Gasteiger partial charge on any atom is -0.491 e. The zero-order valence-corrected chi connectivity index (χ0v) is 13.2. The van der Waals surface area contributed by atoms with E-state index in [9.17, 15) is 19.2 Å². The van der Waals surface area contributed by atoms with E-state index in [0.29, 0.717) is 12.0 Å². The van der Waals surface area contributed by atoms with Crippen LogP contribution < -0.4 is 10.1 Å². The predicted octanol–water partition coefficient (Wildman–Crippen LogP) is -0.253. The highest BCUT2D eigenvalue weighted by atomic mass is 16.5. The standard InChI is InChI=1S/C16H18N2O6/c1-18(13-4-5-14(21)17-15(13)22)16(23)12-3-2-11(24-7-6-19)8-10(12)9-20/h2-3,8-9,13,19H,4-7H2,1H3,(H,17,21,22). The Kier molecular flexibility index (Phi) is 5.64. The van der Waals surface area contributed by atoms with Crippen molar-refractivity contribution >= 4 is 24.0 Å². The molecule has 1 aromatic rings. The van der Waals surface area contributed by atoms with E-state index >= 15 is 0 Å². The summed E-state index contributed by atoms with van der Waals surface area (Å²) < 4.78 is 5.20. The van der Waals surface area contributed by atoms with Crippen LogP contribution in [-0.4, -0.2) is 60.3 Å². The van der Waals surface area contributed by atoms with Gasteiger partial charge in [0.15, 0.2) is 6.29 Å². The second-order valence-corrected chi connectivity index (χ2v) is 5.32.